The van der Waals surface area contributed by atoms with Gasteiger partial charge >= 0.3 is 7.32 Å². The predicted molar refractivity (Wildman–Crippen MR) is 105 cm³/mol. The van der Waals surface area contributed by atoms with Gasteiger partial charge in [-0.2, -0.15) is 0 Å². The molecule has 24 heavy (non-hydrogen) atoms. The van der Waals surface area contributed by atoms with Gasteiger partial charge in [0.25, 0.3) is 0 Å². The van der Waals surface area contributed by atoms with Gasteiger partial charge in [-0.15, -0.1) is 0 Å². The minimum atomic E-state index is -0.499. The monoisotopic (exact) mass is 342 g/mol. The van der Waals surface area contributed by atoms with Gasteiger partial charge in [0.15, 0.2) is 0 Å². The Morgan fingerprint density at radius 1 is 0.500 bits per heavy atom. The SMILES string of the molecule is CCCCCCCCCCCCCCCCCCOB(OC)OC. The van der Waals surface area contributed by atoms with E-state index in [9.17, 15) is 0 Å². The van der Waals surface area contributed by atoms with Gasteiger partial charge in [0.2, 0.25) is 0 Å². The predicted octanol–water partition coefficient (Wildman–Crippen LogP) is 6.54. The summed E-state index contributed by atoms with van der Waals surface area (Å²) in [5, 5.41) is 0. The number of unbranched alkanes of at least 4 members (excludes halogenated alkanes) is 15. The summed E-state index contributed by atoms with van der Waals surface area (Å²) < 4.78 is 15.4. The van der Waals surface area contributed by atoms with Gasteiger partial charge < -0.3 is 14.0 Å². The van der Waals surface area contributed by atoms with E-state index in [0.717, 1.165) is 13.0 Å². The maximum atomic E-state index is 5.42. The molecule has 0 aromatic heterocycles. The largest absolute Gasteiger partial charge is 0.639 e. The molecule has 0 spiro atoms. The highest BCUT2D eigenvalue weighted by Crippen LogP contribution is 2.13. The molecule has 0 N–H and O–H groups in total. The maximum Gasteiger partial charge on any atom is 0.639 e. The molecule has 0 aliphatic rings. The lowest BCUT2D eigenvalue weighted by Gasteiger charge is -2.08. The van der Waals surface area contributed by atoms with Crippen LogP contribution in [0.2, 0.25) is 0 Å². The lowest BCUT2D eigenvalue weighted by Crippen LogP contribution is -2.24. The van der Waals surface area contributed by atoms with E-state index in [2.05, 4.69) is 6.92 Å². The smallest absolute Gasteiger partial charge is 0.389 e. The topological polar surface area (TPSA) is 27.7 Å². The second-order valence-electron chi connectivity index (χ2n) is 6.93. The van der Waals surface area contributed by atoms with Gasteiger partial charge in [0.1, 0.15) is 0 Å². The minimum absolute atomic E-state index is 0.499. The summed E-state index contributed by atoms with van der Waals surface area (Å²) in [6.07, 6.45) is 22.2. The summed E-state index contributed by atoms with van der Waals surface area (Å²) >= 11 is 0. The molecule has 0 heterocycles. The van der Waals surface area contributed by atoms with E-state index in [1.165, 1.54) is 96.3 Å². The fourth-order valence-corrected chi connectivity index (χ4v) is 3.06. The molecule has 0 aromatic carbocycles. The van der Waals surface area contributed by atoms with Crippen LogP contribution in [0.25, 0.3) is 0 Å². The highest BCUT2D eigenvalue weighted by Gasteiger charge is 2.15. The average molecular weight is 342 g/mol. The fraction of sp³-hybridized carbons (Fsp3) is 1.00. The molecule has 0 fully saturated rings. The number of rotatable bonds is 20. The van der Waals surface area contributed by atoms with Crippen LogP contribution >= 0.6 is 0 Å². The third kappa shape index (κ3) is 18.3. The van der Waals surface area contributed by atoms with Crippen molar-refractivity contribution in [2.45, 2.75) is 110 Å². The Morgan fingerprint density at radius 2 is 0.833 bits per heavy atom. The van der Waals surface area contributed by atoms with Gasteiger partial charge in [-0.1, -0.05) is 103 Å². The zero-order chi connectivity index (χ0) is 17.7. The quantitative estimate of drug-likeness (QED) is 0.186. The lowest BCUT2D eigenvalue weighted by atomic mass is 10.0. The normalized spacial score (nSPS) is 11.1. The molecule has 0 bridgehead atoms. The van der Waals surface area contributed by atoms with Crippen molar-refractivity contribution in [3.05, 3.63) is 0 Å². The van der Waals surface area contributed by atoms with Crippen LogP contribution < -0.4 is 0 Å². The first kappa shape index (κ1) is 23.9. The van der Waals surface area contributed by atoms with Crippen molar-refractivity contribution in [1.82, 2.24) is 0 Å². The van der Waals surface area contributed by atoms with Gasteiger partial charge in [-0.05, 0) is 6.42 Å². The van der Waals surface area contributed by atoms with Gasteiger partial charge in [0, 0.05) is 20.8 Å². The van der Waals surface area contributed by atoms with Crippen LogP contribution in [0.4, 0.5) is 0 Å². The summed E-state index contributed by atoms with van der Waals surface area (Å²) in [5.41, 5.74) is 0. The highest BCUT2D eigenvalue weighted by molar-refractivity contribution is 6.36. The van der Waals surface area contributed by atoms with Crippen LogP contribution in [-0.2, 0) is 14.0 Å². The summed E-state index contributed by atoms with van der Waals surface area (Å²) in [6.45, 7) is 3.01. The highest BCUT2D eigenvalue weighted by atomic mass is 16.7. The molecule has 0 amide bonds. The Balaban J connectivity index is 3.03. The Morgan fingerprint density at radius 3 is 1.17 bits per heavy atom. The second-order valence-corrected chi connectivity index (χ2v) is 6.93. The van der Waals surface area contributed by atoms with Crippen molar-refractivity contribution in [3.8, 4) is 0 Å². The van der Waals surface area contributed by atoms with Crippen molar-refractivity contribution in [2.75, 3.05) is 20.8 Å². The van der Waals surface area contributed by atoms with Crippen LogP contribution in [-0.4, -0.2) is 28.1 Å². The Hall–Kier alpha value is -0.0551. The molecule has 0 saturated heterocycles. The zero-order valence-corrected chi connectivity index (χ0v) is 16.8. The van der Waals surface area contributed by atoms with E-state index in [-0.39, 0.29) is 0 Å². The molecule has 0 aromatic rings. The van der Waals surface area contributed by atoms with E-state index in [0.29, 0.717) is 0 Å². The number of hydrogen-bond acceptors (Lipinski definition) is 3. The molecule has 0 rings (SSSR count). The van der Waals surface area contributed by atoms with Crippen molar-refractivity contribution in [3.63, 3.8) is 0 Å². The lowest BCUT2D eigenvalue weighted by molar-refractivity contribution is 0.133. The van der Waals surface area contributed by atoms with Gasteiger partial charge in [0.05, 0.1) is 0 Å². The molecule has 0 aliphatic heterocycles. The Kier molecular flexibility index (Phi) is 20.9. The van der Waals surface area contributed by atoms with Crippen molar-refractivity contribution < 1.29 is 14.0 Å². The van der Waals surface area contributed by atoms with E-state index in [4.69, 9.17) is 14.0 Å². The molecular formula is C20H43BO3. The van der Waals surface area contributed by atoms with Crippen LogP contribution in [0.5, 0.6) is 0 Å². The summed E-state index contributed by atoms with van der Waals surface area (Å²) in [7, 11) is 2.70. The van der Waals surface area contributed by atoms with Crippen LogP contribution in [0.3, 0.4) is 0 Å². The Labute approximate surface area is 152 Å². The van der Waals surface area contributed by atoms with Crippen LogP contribution in [0, 0.1) is 0 Å². The molecule has 0 aliphatic carbocycles. The van der Waals surface area contributed by atoms with E-state index < -0.39 is 7.32 Å². The number of hydrogen-bond donors (Lipinski definition) is 0. The average Bonchev–Trinajstić information content (AvgIpc) is 2.61. The third-order valence-corrected chi connectivity index (χ3v) is 4.64. The molecule has 3 nitrogen and oxygen atoms in total. The molecule has 0 unspecified atom stereocenters. The molecule has 0 atom stereocenters. The minimum Gasteiger partial charge on any atom is -0.389 e. The van der Waals surface area contributed by atoms with Crippen molar-refractivity contribution in [2.24, 2.45) is 0 Å². The third-order valence-electron chi connectivity index (χ3n) is 4.64. The summed E-state index contributed by atoms with van der Waals surface area (Å²) in [6, 6.07) is 0. The standard InChI is InChI=1S/C20H43BO3/c1-4-5-6-7-8-9-10-11-12-13-14-15-16-17-18-19-20-24-21(22-2)23-3/h4-20H2,1-3H3. The Bertz CT molecular complexity index is 223. The van der Waals surface area contributed by atoms with Crippen LogP contribution in [0.1, 0.15) is 110 Å². The first-order chi connectivity index (χ1) is 11.8. The molecule has 4 heteroatoms. The van der Waals surface area contributed by atoms with Crippen molar-refractivity contribution >= 4 is 7.32 Å². The fourth-order valence-electron chi connectivity index (χ4n) is 3.06. The van der Waals surface area contributed by atoms with Gasteiger partial charge in [-0.25, -0.2) is 0 Å². The second kappa shape index (κ2) is 21.0. The van der Waals surface area contributed by atoms with Crippen molar-refractivity contribution in [1.29, 1.82) is 0 Å². The molecular weight excluding hydrogens is 299 g/mol. The first-order valence-corrected chi connectivity index (χ1v) is 10.5. The summed E-state index contributed by atoms with van der Waals surface area (Å²) in [5.74, 6) is 0. The summed E-state index contributed by atoms with van der Waals surface area (Å²) in [4.78, 5) is 0. The van der Waals surface area contributed by atoms with E-state index in [1.807, 2.05) is 0 Å². The van der Waals surface area contributed by atoms with E-state index >= 15 is 0 Å². The van der Waals surface area contributed by atoms with Crippen LogP contribution in [0.15, 0.2) is 0 Å². The van der Waals surface area contributed by atoms with E-state index in [1.54, 1.807) is 14.2 Å². The molecule has 0 saturated carbocycles. The molecule has 0 radical (unpaired) electrons. The molecule has 144 valence electrons. The zero-order valence-electron chi connectivity index (χ0n) is 16.8. The first-order valence-electron chi connectivity index (χ1n) is 10.5. The maximum absolute atomic E-state index is 5.42. The van der Waals surface area contributed by atoms with Gasteiger partial charge in [-0.3, -0.25) is 0 Å².